The zero-order valence-corrected chi connectivity index (χ0v) is 6.18. The Labute approximate surface area is 62.1 Å². The van der Waals surface area contributed by atoms with Crippen molar-refractivity contribution in [3.8, 4) is 0 Å². The lowest BCUT2D eigenvalue weighted by Gasteiger charge is -1.93. The van der Waals surface area contributed by atoms with Crippen LogP contribution in [0.2, 0.25) is 0 Å². The van der Waals surface area contributed by atoms with Crippen LogP contribution in [0.1, 0.15) is 5.56 Å². The third-order valence-electron chi connectivity index (χ3n) is 1.10. The molecule has 0 aliphatic heterocycles. The van der Waals surface area contributed by atoms with Crippen LogP contribution in [0, 0.1) is 6.92 Å². The van der Waals surface area contributed by atoms with E-state index in [1.54, 1.807) is 6.92 Å². The van der Waals surface area contributed by atoms with Gasteiger partial charge in [-0.2, -0.15) is 0 Å². The molecule has 1 rings (SSSR count). The highest BCUT2D eigenvalue weighted by atomic mass is 32.1. The van der Waals surface area contributed by atoms with E-state index in [1.807, 2.05) is 0 Å². The molecule has 0 saturated carbocycles. The van der Waals surface area contributed by atoms with E-state index >= 15 is 0 Å². The van der Waals surface area contributed by atoms with Crippen molar-refractivity contribution in [2.45, 2.75) is 6.92 Å². The molecule has 1 aromatic rings. The van der Waals surface area contributed by atoms with Gasteiger partial charge in [-0.05, 0) is 6.92 Å². The summed E-state index contributed by atoms with van der Waals surface area (Å²) in [6, 6.07) is 0. The SMILES string of the molecule is Cc1cn(S)c(=O)[nH]c1=O. The first-order valence-electron chi connectivity index (χ1n) is 2.63. The summed E-state index contributed by atoms with van der Waals surface area (Å²) >= 11 is 3.75. The third-order valence-corrected chi connectivity index (χ3v) is 1.40. The summed E-state index contributed by atoms with van der Waals surface area (Å²) in [4.78, 5) is 23.4. The maximum absolute atomic E-state index is 10.7. The molecule has 0 spiro atoms. The summed E-state index contributed by atoms with van der Waals surface area (Å²) in [5, 5.41) is 0. The summed E-state index contributed by atoms with van der Waals surface area (Å²) in [5.74, 6) is 0. The summed E-state index contributed by atoms with van der Waals surface area (Å²) < 4.78 is 1.02. The minimum atomic E-state index is -0.515. The number of thiol groups is 1. The predicted molar refractivity (Wildman–Crippen MR) is 40.4 cm³/mol. The van der Waals surface area contributed by atoms with Crippen molar-refractivity contribution in [1.82, 2.24) is 8.96 Å². The number of aromatic nitrogens is 2. The number of aromatic amines is 1. The first-order valence-corrected chi connectivity index (χ1v) is 3.03. The summed E-state index contributed by atoms with van der Waals surface area (Å²) in [7, 11) is 0. The summed E-state index contributed by atoms with van der Waals surface area (Å²) in [5.41, 5.74) is -0.413. The summed E-state index contributed by atoms with van der Waals surface area (Å²) in [6.45, 7) is 1.60. The first kappa shape index (κ1) is 7.14. The maximum atomic E-state index is 10.7. The van der Waals surface area contributed by atoms with Crippen molar-refractivity contribution in [3.63, 3.8) is 0 Å². The van der Waals surface area contributed by atoms with E-state index in [2.05, 4.69) is 17.8 Å². The molecule has 0 radical (unpaired) electrons. The lowest BCUT2D eigenvalue weighted by atomic mass is 10.4. The van der Waals surface area contributed by atoms with Crippen LogP contribution in [0.15, 0.2) is 15.8 Å². The van der Waals surface area contributed by atoms with E-state index in [4.69, 9.17) is 0 Å². The molecular formula is C5H6N2O2S. The average molecular weight is 158 g/mol. The highest BCUT2D eigenvalue weighted by molar-refractivity contribution is 7.78. The largest absolute Gasteiger partial charge is 0.338 e. The second-order valence-corrected chi connectivity index (χ2v) is 2.35. The Kier molecular flexibility index (Phi) is 1.67. The lowest BCUT2D eigenvalue weighted by Crippen LogP contribution is -2.26. The second-order valence-electron chi connectivity index (χ2n) is 1.92. The Morgan fingerprint density at radius 1 is 1.60 bits per heavy atom. The van der Waals surface area contributed by atoms with Gasteiger partial charge in [0.1, 0.15) is 0 Å². The van der Waals surface area contributed by atoms with Crippen LogP contribution in [-0.2, 0) is 0 Å². The molecule has 0 aliphatic rings. The Morgan fingerprint density at radius 2 is 2.20 bits per heavy atom. The van der Waals surface area contributed by atoms with Crippen LogP contribution in [-0.4, -0.2) is 8.96 Å². The number of rotatable bonds is 0. The average Bonchev–Trinajstić information content (AvgIpc) is 1.84. The van der Waals surface area contributed by atoms with Crippen molar-refractivity contribution in [2.24, 2.45) is 0 Å². The number of hydrogen-bond donors (Lipinski definition) is 2. The highest BCUT2D eigenvalue weighted by Gasteiger charge is 1.94. The molecule has 5 heteroatoms. The van der Waals surface area contributed by atoms with Crippen LogP contribution in [0.5, 0.6) is 0 Å². The minimum Gasteiger partial charge on any atom is -0.273 e. The van der Waals surface area contributed by atoms with Crippen molar-refractivity contribution < 1.29 is 0 Å². The molecule has 0 amide bonds. The molecule has 0 aromatic carbocycles. The van der Waals surface area contributed by atoms with Gasteiger partial charge in [-0.25, -0.2) is 8.77 Å². The molecule has 10 heavy (non-hydrogen) atoms. The molecule has 54 valence electrons. The second kappa shape index (κ2) is 2.34. The standard InChI is InChI=1S/C5H6N2O2S/c1-3-2-7(10)5(9)6-4(3)8/h2,10H,1H3,(H,6,8,9). The van der Waals surface area contributed by atoms with Crippen LogP contribution in [0.25, 0.3) is 0 Å². The lowest BCUT2D eigenvalue weighted by molar-refractivity contribution is 0.970. The Hall–Kier alpha value is -0.970. The van der Waals surface area contributed by atoms with Gasteiger partial charge in [0.15, 0.2) is 0 Å². The molecule has 0 unspecified atom stereocenters. The molecule has 0 atom stereocenters. The van der Waals surface area contributed by atoms with E-state index in [1.165, 1.54) is 6.20 Å². The molecular weight excluding hydrogens is 152 g/mol. The monoisotopic (exact) mass is 158 g/mol. The Balaban J connectivity index is 3.59. The van der Waals surface area contributed by atoms with E-state index in [9.17, 15) is 9.59 Å². The molecule has 4 nitrogen and oxygen atoms in total. The van der Waals surface area contributed by atoms with Gasteiger partial charge in [-0.15, -0.1) is 0 Å². The highest BCUT2D eigenvalue weighted by Crippen LogP contribution is 1.83. The number of hydrogen-bond acceptors (Lipinski definition) is 3. The van der Waals surface area contributed by atoms with Gasteiger partial charge in [0.2, 0.25) is 0 Å². The molecule has 0 saturated heterocycles. The fourth-order valence-electron chi connectivity index (χ4n) is 0.554. The van der Waals surface area contributed by atoms with E-state index in [-0.39, 0.29) is 5.56 Å². The number of aryl methyl sites for hydroxylation is 1. The Bertz CT molecular complexity index is 320. The van der Waals surface area contributed by atoms with Gasteiger partial charge in [-0.3, -0.25) is 9.78 Å². The van der Waals surface area contributed by atoms with E-state index < -0.39 is 5.69 Å². The zero-order valence-electron chi connectivity index (χ0n) is 5.29. The van der Waals surface area contributed by atoms with Gasteiger partial charge in [0, 0.05) is 11.8 Å². The van der Waals surface area contributed by atoms with Gasteiger partial charge < -0.3 is 0 Å². The minimum absolute atomic E-state index is 0.365. The zero-order chi connectivity index (χ0) is 7.72. The smallest absolute Gasteiger partial charge is 0.273 e. The normalized spacial score (nSPS) is 9.80. The fraction of sp³-hybridized carbons (Fsp3) is 0.200. The van der Waals surface area contributed by atoms with E-state index in [0.29, 0.717) is 5.56 Å². The number of nitrogens with zero attached hydrogens (tertiary/aromatic N) is 1. The number of H-pyrrole nitrogens is 1. The van der Waals surface area contributed by atoms with Gasteiger partial charge >= 0.3 is 5.69 Å². The van der Waals surface area contributed by atoms with Crippen LogP contribution < -0.4 is 11.2 Å². The van der Waals surface area contributed by atoms with Crippen molar-refractivity contribution in [2.75, 3.05) is 0 Å². The van der Waals surface area contributed by atoms with Gasteiger partial charge in [0.25, 0.3) is 5.56 Å². The van der Waals surface area contributed by atoms with Crippen molar-refractivity contribution >= 4 is 12.8 Å². The molecule has 0 fully saturated rings. The van der Waals surface area contributed by atoms with Crippen LogP contribution in [0.3, 0.4) is 0 Å². The van der Waals surface area contributed by atoms with Gasteiger partial charge in [0.05, 0.1) is 0 Å². The predicted octanol–water partition coefficient (Wildman–Crippen LogP) is -0.462. The quantitative estimate of drug-likeness (QED) is 0.502. The van der Waals surface area contributed by atoms with Gasteiger partial charge in [-0.1, -0.05) is 12.8 Å². The molecule has 1 heterocycles. The third kappa shape index (κ3) is 1.13. The summed E-state index contributed by atoms with van der Waals surface area (Å²) in [6.07, 6.45) is 1.37. The molecule has 1 N–H and O–H groups in total. The van der Waals surface area contributed by atoms with Crippen LogP contribution >= 0.6 is 12.8 Å². The Morgan fingerprint density at radius 3 is 2.70 bits per heavy atom. The topological polar surface area (TPSA) is 54.9 Å². The van der Waals surface area contributed by atoms with Crippen molar-refractivity contribution in [3.05, 3.63) is 32.6 Å². The first-order chi connectivity index (χ1) is 4.61. The van der Waals surface area contributed by atoms with Crippen molar-refractivity contribution in [1.29, 1.82) is 0 Å². The molecule has 0 bridgehead atoms. The number of nitrogens with one attached hydrogen (secondary N) is 1. The maximum Gasteiger partial charge on any atom is 0.338 e. The fourth-order valence-corrected chi connectivity index (χ4v) is 0.777. The van der Waals surface area contributed by atoms with Crippen LogP contribution in [0.4, 0.5) is 0 Å². The molecule has 0 aliphatic carbocycles. The van der Waals surface area contributed by atoms with E-state index in [0.717, 1.165) is 3.97 Å². The molecule has 1 aromatic heterocycles.